The summed E-state index contributed by atoms with van der Waals surface area (Å²) in [6.07, 6.45) is 0. The van der Waals surface area contributed by atoms with Gasteiger partial charge in [-0.1, -0.05) is 41.1 Å². The van der Waals surface area contributed by atoms with Crippen LogP contribution >= 0.6 is 21.6 Å². The summed E-state index contributed by atoms with van der Waals surface area (Å²) in [5.41, 5.74) is 0. The molecule has 0 amide bonds. The van der Waals surface area contributed by atoms with Crippen molar-refractivity contribution in [3.8, 4) is 0 Å². The zero-order chi connectivity index (χ0) is 10.5. The zero-order valence-corrected chi connectivity index (χ0v) is 9.52. The van der Waals surface area contributed by atoms with Gasteiger partial charge in [-0.25, -0.2) is 4.39 Å². The Morgan fingerprint density at radius 2 is 1.40 bits per heavy atom. The van der Waals surface area contributed by atoms with Gasteiger partial charge in [0, 0.05) is 4.90 Å². The van der Waals surface area contributed by atoms with Crippen LogP contribution in [0.3, 0.4) is 0 Å². The minimum Gasteiger partial charge on any atom is -0.206 e. The molecule has 0 spiro atoms. The molecule has 0 saturated heterocycles. The monoisotopic (exact) mass is 236 g/mol. The van der Waals surface area contributed by atoms with Crippen molar-refractivity contribution in [2.24, 2.45) is 0 Å². The van der Waals surface area contributed by atoms with E-state index in [0.717, 1.165) is 4.90 Å². The van der Waals surface area contributed by atoms with Crippen molar-refractivity contribution in [2.45, 2.75) is 9.79 Å². The topological polar surface area (TPSA) is 0 Å². The highest BCUT2D eigenvalue weighted by atomic mass is 33.1. The molecule has 0 atom stereocenters. The minimum atomic E-state index is -0.161. The van der Waals surface area contributed by atoms with Crippen LogP contribution in [0.1, 0.15) is 0 Å². The molecular formula is C12H9FS2. The van der Waals surface area contributed by atoms with Gasteiger partial charge in [-0.05, 0) is 35.1 Å². The fraction of sp³-hybridized carbons (Fsp3) is 0. The first kappa shape index (κ1) is 10.6. The summed E-state index contributed by atoms with van der Waals surface area (Å²) in [4.78, 5) is 1.80. The molecule has 0 aliphatic rings. The third-order valence-corrected chi connectivity index (χ3v) is 4.23. The first-order valence-corrected chi connectivity index (χ1v) is 6.65. The molecule has 0 saturated carbocycles. The van der Waals surface area contributed by atoms with E-state index in [9.17, 15) is 4.39 Å². The van der Waals surface area contributed by atoms with E-state index in [-0.39, 0.29) is 5.82 Å². The summed E-state index contributed by atoms with van der Waals surface area (Å²) >= 11 is 0. The second-order valence-electron chi connectivity index (χ2n) is 2.91. The van der Waals surface area contributed by atoms with Crippen molar-refractivity contribution >= 4 is 21.6 Å². The first-order chi connectivity index (χ1) is 7.36. The van der Waals surface area contributed by atoms with Crippen molar-refractivity contribution in [3.63, 3.8) is 0 Å². The Hall–Kier alpha value is -0.930. The minimum absolute atomic E-state index is 0.161. The van der Waals surface area contributed by atoms with E-state index in [1.807, 2.05) is 36.4 Å². The maximum atomic E-state index is 13.3. The molecule has 0 bridgehead atoms. The lowest BCUT2D eigenvalue weighted by Crippen LogP contribution is -1.76. The lowest BCUT2D eigenvalue weighted by Gasteiger charge is -2.01. The van der Waals surface area contributed by atoms with Crippen LogP contribution in [0.2, 0.25) is 0 Å². The van der Waals surface area contributed by atoms with Crippen molar-refractivity contribution in [1.29, 1.82) is 0 Å². The van der Waals surface area contributed by atoms with Crippen LogP contribution in [0, 0.1) is 5.82 Å². The third kappa shape index (κ3) is 3.01. The summed E-state index contributed by atoms with van der Waals surface area (Å²) in [6.45, 7) is 0. The Morgan fingerprint density at radius 3 is 2.13 bits per heavy atom. The second-order valence-corrected chi connectivity index (χ2v) is 5.15. The van der Waals surface area contributed by atoms with Crippen LogP contribution in [0.25, 0.3) is 0 Å². The van der Waals surface area contributed by atoms with Crippen LogP contribution in [0.4, 0.5) is 4.39 Å². The molecule has 0 aliphatic carbocycles. The molecule has 3 heteroatoms. The van der Waals surface area contributed by atoms with E-state index in [1.54, 1.807) is 22.9 Å². The van der Waals surface area contributed by atoms with Crippen molar-refractivity contribution in [3.05, 3.63) is 60.4 Å². The van der Waals surface area contributed by atoms with Gasteiger partial charge in [-0.15, -0.1) is 0 Å². The molecule has 0 aromatic heterocycles. The van der Waals surface area contributed by atoms with E-state index < -0.39 is 0 Å². The van der Waals surface area contributed by atoms with Gasteiger partial charge < -0.3 is 0 Å². The van der Waals surface area contributed by atoms with E-state index in [4.69, 9.17) is 0 Å². The molecule has 0 radical (unpaired) electrons. The predicted octanol–water partition coefficient (Wildman–Crippen LogP) is 4.63. The molecule has 76 valence electrons. The van der Waals surface area contributed by atoms with Crippen LogP contribution < -0.4 is 0 Å². The average molecular weight is 236 g/mol. The molecule has 2 aromatic rings. The Bertz CT molecular complexity index is 429. The number of halogens is 1. The quantitative estimate of drug-likeness (QED) is 0.713. The standard InChI is InChI=1S/C12H9FS2/c13-11-8-4-5-9-12(11)15-14-10-6-2-1-3-7-10/h1-9H. The largest absolute Gasteiger partial charge is 0.206 e. The highest BCUT2D eigenvalue weighted by Gasteiger charge is 2.01. The van der Waals surface area contributed by atoms with Crippen LogP contribution in [-0.2, 0) is 0 Å². The van der Waals surface area contributed by atoms with Crippen LogP contribution in [0.5, 0.6) is 0 Å². The first-order valence-electron chi connectivity index (χ1n) is 4.50. The van der Waals surface area contributed by atoms with E-state index in [1.165, 1.54) is 16.9 Å². The molecular weight excluding hydrogens is 227 g/mol. The lowest BCUT2D eigenvalue weighted by molar-refractivity contribution is 0.602. The van der Waals surface area contributed by atoms with Crippen LogP contribution in [-0.4, -0.2) is 0 Å². The van der Waals surface area contributed by atoms with E-state index >= 15 is 0 Å². The van der Waals surface area contributed by atoms with Gasteiger partial charge in [0.15, 0.2) is 0 Å². The number of hydrogen-bond acceptors (Lipinski definition) is 2. The van der Waals surface area contributed by atoms with Gasteiger partial charge in [0.2, 0.25) is 0 Å². The Labute approximate surface area is 96.3 Å². The van der Waals surface area contributed by atoms with Crippen molar-refractivity contribution in [1.82, 2.24) is 0 Å². The maximum absolute atomic E-state index is 13.3. The van der Waals surface area contributed by atoms with Gasteiger partial charge in [0.1, 0.15) is 5.82 Å². The van der Waals surface area contributed by atoms with Crippen molar-refractivity contribution in [2.75, 3.05) is 0 Å². The molecule has 0 N–H and O–H groups in total. The summed E-state index contributed by atoms with van der Waals surface area (Å²) in [5, 5.41) is 0. The highest BCUT2D eigenvalue weighted by Crippen LogP contribution is 2.37. The Kier molecular flexibility index (Phi) is 3.69. The summed E-state index contributed by atoms with van der Waals surface area (Å²) < 4.78 is 13.3. The number of benzene rings is 2. The SMILES string of the molecule is Fc1ccccc1SSc1ccccc1. The Morgan fingerprint density at radius 1 is 0.733 bits per heavy atom. The predicted molar refractivity (Wildman–Crippen MR) is 64.6 cm³/mol. The van der Waals surface area contributed by atoms with Gasteiger partial charge in [0.25, 0.3) is 0 Å². The van der Waals surface area contributed by atoms with Gasteiger partial charge >= 0.3 is 0 Å². The third-order valence-electron chi connectivity index (χ3n) is 1.81. The molecule has 2 aromatic carbocycles. The molecule has 0 nitrogen and oxygen atoms in total. The molecule has 0 unspecified atom stereocenters. The maximum Gasteiger partial charge on any atom is 0.137 e. The fourth-order valence-electron chi connectivity index (χ4n) is 1.08. The summed E-state index contributed by atoms with van der Waals surface area (Å²) in [5.74, 6) is -0.161. The Balaban J connectivity index is 2.03. The smallest absolute Gasteiger partial charge is 0.137 e. The zero-order valence-electron chi connectivity index (χ0n) is 7.89. The second kappa shape index (κ2) is 5.24. The average Bonchev–Trinajstić information content (AvgIpc) is 2.29. The van der Waals surface area contributed by atoms with Crippen molar-refractivity contribution < 1.29 is 4.39 Å². The molecule has 15 heavy (non-hydrogen) atoms. The fourth-order valence-corrected chi connectivity index (χ4v) is 3.11. The normalized spacial score (nSPS) is 10.2. The summed E-state index contributed by atoms with van der Waals surface area (Å²) in [7, 11) is 3.01. The van der Waals surface area contributed by atoms with Gasteiger partial charge in [-0.2, -0.15) is 0 Å². The van der Waals surface area contributed by atoms with Crippen LogP contribution in [0.15, 0.2) is 64.4 Å². The number of rotatable bonds is 3. The lowest BCUT2D eigenvalue weighted by atomic mass is 10.4. The molecule has 0 fully saturated rings. The molecule has 0 heterocycles. The van der Waals surface area contributed by atoms with Gasteiger partial charge in [0.05, 0.1) is 4.90 Å². The van der Waals surface area contributed by atoms with E-state index in [2.05, 4.69) is 0 Å². The van der Waals surface area contributed by atoms with E-state index in [0.29, 0.717) is 4.90 Å². The molecule has 0 aliphatic heterocycles. The number of hydrogen-bond donors (Lipinski definition) is 0. The molecule has 2 rings (SSSR count). The van der Waals surface area contributed by atoms with Gasteiger partial charge in [-0.3, -0.25) is 0 Å². The summed E-state index contributed by atoms with van der Waals surface area (Å²) in [6, 6.07) is 16.8. The highest BCUT2D eigenvalue weighted by molar-refractivity contribution is 8.76.